The highest BCUT2D eigenvalue weighted by molar-refractivity contribution is 9.10. The molecule has 1 aliphatic rings. The molecule has 1 aromatic carbocycles. The van der Waals surface area contributed by atoms with E-state index in [-0.39, 0.29) is 0 Å². The number of hydrogen-bond acceptors (Lipinski definition) is 3. The zero-order chi connectivity index (χ0) is 14.8. The van der Waals surface area contributed by atoms with Crippen LogP contribution >= 0.6 is 39.1 Å². The SMILES string of the molecule is Clc1ccc(Oc2ccc(Cl)c(CNC3CC3)n2)c(Br)c1. The molecule has 0 saturated heterocycles. The van der Waals surface area contributed by atoms with Crippen LogP contribution in [0.2, 0.25) is 10.0 Å². The highest BCUT2D eigenvalue weighted by Gasteiger charge is 2.20. The first-order chi connectivity index (χ1) is 10.1. The van der Waals surface area contributed by atoms with E-state index >= 15 is 0 Å². The van der Waals surface area contributed by atoms with Gasteiger partial charge >= 0.3 is 0 Å². The predicted octanol–water partition coefficient (Wildman–Crippen LogP) is 5.20. The van der Waals surface area contributed by atoms with Gasteiger partial charge in [0.25, 0.3) is 0 Å². The fraction of sp³-hybridized carbons (Fsp3) is 0.267. The summed E-state index contributed by atoms with van der Waals surface area (Å²) in [6, 6.07) is 9.51. The van der Waals surface area contributed by atoms with Gasteiger partial charge in [0, 0.05) is 23.7 Å². The quantitative estimate of drug-likeness (QED) is 0.765. The predicted molar refractivity (Wildman–Crippen MR) is 88.3 cm³/mol. The van der Waals surface area contributed by atoms with Gasteiger partial charge in [-0.25, -0.2) is 4.98 Å². The minimum atomic E-state index is 0.509. The molecule has 0 atom stereocenters. The Labute approximate surface area is 141 Å². The van der Waals surface area contributed by atoms with Crippen LogP contribution in [0.25, 0.3) is 0 Å². The van der Waals surface area contributed by atoms with Crippen LogP contribution in [0, 0.1) is 0 Å². The summed E-state index contributed by atoms with van der Waals surface area (Å²) in [5, 5.41) is 4.68. The molecule has 0 unspecified atom stereocenters. The average molecular weight is 388 g/mol. The first-order valence-corrected chi connectivity index (χ1v) is 8.18. The Hall–Kier alpha value is -0.810. The van der Waals surface area contributed by atoms with Gasteiger partial charge in [-0.2, -0.15) is 0 Å². The Balaban J connectivity index is 1.76. The summed E-state index contributed by atoms with van der Waals surface area (Å²) in [7, 11) is 0. The van der Waals surface area contributed by atoms with Gasteiger partial charge in [-0.15, -0.1) is 0 Å². The van der Waals surface area contributed by atoms with Crippen molar-refractivity contribution >= 4 is 39.1 Å². The number of nitrogens with zero attached hydrogens (tertiary/aromatic N) is 1. The number of halogens is 3. The number of pyridine rings is 1. The molecule has 6 heteroatoms. The van der Waals surface area contributed by atoms with Crippen molar-refractivity contribution in [3.63, 3.8) is 0 Å². The number of rotatable bonds is 5. The monoisotopic (exact) mass is 386 g/mol. The first kappa shape index (κ1) is 15.1. The average Bonchev–Trinajstić information content (AvgIpc) is 3.26. The van der Waals surface area contributed by atoms with Crippen LogP contribution in [-0.2, 0) is 6.54 Å². The van der Waals surface area contributed by atoms with E-state index in [1.165, 1.54) is 12.8 Å². The van der Waals surface area contributed by atoms with Crippen molar-refractivity contribution in [1.82, 2.24) is 10.3 Å². The van der Waals surface area contributed by atoms with E-state index in [1.54, 1.807) is 30.3 Å². The molecular formula is C15H13BrCl2N2O. The molecule has 1 N–H and O–H groups in total. The maximum absolute atomic E-state index is 6.17. The Morgan fingerprint density at radius 2 is 2.05 bits per heavy atom. The van der Waals surface area contributed by atoms with Crippen LogP contribution in [-0.4, -0.2) is 11.0 Å². The Kier molecular flexibility index (Phi) is 4.69. The molecule has 1 aliphatic carbocycles. The molecule has 0 spiro atoms. The molecule has 0 bridgehead atoms. The number of benzene rings is 1. The molecule has 3 rings (SSSR count). The Bertz CT molecular complexity index is 662. The van der Waals surface area contributed by atoms with Gasteiger partial charge in [-0.05, 0) is 53.0 Å². The van der Waals surface area contributed by atoms with Crippen molar-refractivity contribution in [2.24, 2.45) is 0 Å². The van der Waals surface area contributed by atoms with E-state index in [1.807, 2.05) is 0 Å². The third-order valence-corrected chi connectivity index (χ3v) is 4.34. The largest absolute Gasteiger partial charge is 0.438 e. The van der Waals surface area contributed by atoms with Gasteiger partial charge in [0.15, 0.2) is 0 Å². The fourth-order valence-electron chi connectivity index (χ4n) is 1.84. The van der Waals surface area contributed by atoms with Gasteiger partial charge < -0.3 is 10.1 Å². The van der Waals surface area contributed by atoms with Crippen LogP contribution < -0.4 is 10.1 Å². The van der Waals surface area contributed by atoms with E-state index in [9.17, 15) is 0 Å². The third kappa shape index (κ3) is 4.10. The summed E-state index contributed by atoms with van der Waals surface area (Å²) in [6.45, 7) is 0.655. The van der Waals surface area contributed by atoms with Crippen molar-refractivity contribution < 1.29 is 4.74 Å². The second-order valence-corrected chi connectivity index (χ2v) is 6.61. The molecular weight excluding hydrogens is 375 g/mol. The van der Waals surface area contributed by atoms with Crippen LogP contribution in [0.1, 0.15) is 18.5 Å². The lowest BCUT2D eigenvalue weighted by atomic mass is 10.3. The highest BCUT2D eigenvalue weighted by Crippen LogP contribution is 2.32. The zero-order valence-corrected chi connectivity index (χ0v) is 14.2. The van der Waals surface area contributed by atoms with Gasteiger partial charge in [0.1, 0.15) is 5.75 Å². The van der Waals surface area contributed by atoms with Crippen LogP contribution in [0.15, 0.2) is 34.8 Å². The highest BCUT2D eigenvalue weighted by atomic mass is 79.9. The van der Waals surface area contributed by atoms with E-state index in [2.05, 4.69) is 26.2 Å². The minimum absolute atomic E-state index is 0.509. The number of ether oxygens (including phenoxy) is 1. The van der Waals surface area contributed by atoms with Crippen LogP contribution in [0.3, 0.4) is 0 Å². The summed E-state index contributed by atoms with van der Waals surface area (Å²) in [6.07, 6.45) is 2.46. The van der Waals surface area contributed by atoms with E-state index < -0.39 is 0 Å². The van der Waals surface area contributed by atoms with Crippen LogP contribution in [0.4, 0.5) is 0 Å². The first-order valence-electron chi connectivity index (χ1n) is 6.63. The lowest BCUT2D eigenvalue weighted by molar-refractivity contribution is 0.456. The third-order valence-electron chi connectivity index (χ3n) is 3.14. The fourth-order valence-corrected chi connectivity index (χ4v) is 2.78. The van der Waals surface area contributed by atoms with Gasteiger partial charge in [-0.1, -0.05) is 23.2 Å². The molecule has 1 saturated carbocycles. The smallest absolute Gasteiger partial charge is 0.219 e. The van der Waals surface area contributed by atoms with E-state index in [0.29, 0.717) is 34.3 Å². The maximum atomic E-state index is 6.17. The maximum Gasteiger partial charge on any atom is 0.219 e. The Morgan fingerprint density at radius 1 is 1.24 bits per heavy atom. The molecule has 21 heavy (non-hydrogen) atoms. The lowest BCUT2D eigenvalue weighted by Gasteiger charge is -2.10. The van der Waals surface area contributed by atoms with Gasteiger partial charge in [-0.3, -0.25) is 0 Å². The van der Waals surface area contributed by atoms with Gasteiger partial charge in [0.05, 0.1) is 15.2 Å². The topological polar surface area (TPSA) is 34.1 Å². The van der Waals surface area contributed by atoms with Crippen molar-refractivity contribution in [1.29, 1.82) is 0 Å². The number of hydrogen-bond donors (Lipinski definition) is 1. The summed E-state index contributed by atoms with van der Waals surface area (Å²) < 4.78 is 6.56. The molecule has 0 amide bonds. The summed E-state index contributed by atoms with van der Waals surface area (Å²) >= 11 is 15.5. The molecule has 110 valence electrons. The molecule has 1 heterocycles. The van der Waals surface area contributed by atoms with Crippen molar-refractivity contribution in [3.05, 3.63) is 50.5 Å². The van der Waals surface area contributed by atoms with Crippen molar-refractivity contribution in [3.8, 4) is 11.6 Å². The van der Waals surface area contributed by atoms with Crippen LogP contribution in [0.5, 0.6) is 11.6 Å². The normalized spacial score (nSPS) is 14.2. The second kappa shape index (κ2) is 6.53. The molecule has 1 fully saturated rings. The number of aromatic nitrogens is 1. The molecule has 1 aromatic heterocycles. The molecule has 3 nitrogen and oxygen atoms in total. The van der Waals surface area contributed by atoms with Crippen molar-refractivity contribution in [2.45, 2.75) is 25.4 Å². The minimum Gasteiger partial charge on any atom is -0.438 e. The molecule has 0 radical (unpaired) electrons. The van der Waals surface area contributed by atoms with E-state index in [4.69, 9.17) is 27.9 Å². The lowest BCUT2D eigenvalue weighted by Crippen LogP contribution is -2.16. The zero-order valence-electron chi connectivity index (χ0n) is 11.1. The molecule has 0 aliphatic heterocycles. The summed E-state index contributed by atoms with van der Waals surface area (Å²) in [4.78, 5) is 4.46. The molecule has 2 aromatic rings. The Morgan fingerprint density at radius 3 is 2.76 bits per heavy atom. The number of nitrogens with one attached hydrogen (secondary N) is 1. The standard InChI is InChI=1S/C15H13BrCl2N2O/c16-11-7-9(17)1-5-14(11)21-15-6-4-12(18)13(20-15)8-19-10-2-3-10/h1,4-7,10,19H,2-3,8H2. The second-order valence-electron chi connectivity index (χ2n) is 4.91. The van der Waals surface area contributed by atoms with E-state index in [0.717, 1.165) is 10.2 Å². The van der Waals surface area contributed by atoms with Gasteiger partial charge in [0.2, 0.25) is 5.88 Å². The van der Waals surface area contributed by atoms with Crippen molar-refractivity contribution in [2.75, 3.05) is 0 Å². The summed E-state index contributed by atoms with van der Waals surface area (Å²) in [5.74, 6) is 1.17. The summed E-state index contributed by atoms with van der Waals surface area (Å²) in [5.41, 5.74) is 0.797.